The zero-order chi connectivity index (χ0) is 18.0. The van der Waals surface area contributed by atoms with Gasteiger partial charge in [-0.2, -0.15) is 0 Å². The van der Waals surface area contributed by atoms with Crippen LogP contribution in [0.1, 0.15) is 43.4 Å². The summed E-state index contributed by atoms with van der Waals surface area (Å²) in [7, 11) is 0.158. The van der Waals surface area contributed by atoms with Gasteiger partial charge in [-0.15, -0.1) is 0 Å². The minimum atomic E-state index is -1.83. The van der Waals surface area contributed by atoms with Crippen LogP contribution in [-0.4, -0.2) is 26.0 Å². The molecule has 2 aromatic rings. The monoisotopic (exact) mass is 467 g/mol. The summed E-state index contributed by atoms with van der Waals surface area (Å²) in [6.45, 7) is 6.37. The molecule has 1 aliphatic carbocycles. The second-order valence-electron chi connectivity index (χ2n) is 7.89. The Balaban J connectivity index is 0.00000243. The van der Waals surface area contributed by atoms with Crippen molar-refractivity contribution in [3.8, 4) is 0 Å². The molecule has 0 amide bonds. The molecule has 1 unspecified atom stereocenters. The molecule has 0 saturated heterocycles. The maximum atomic E-state index is 13.0. The summed E-state index contributed by atoms with van der Waals surface area (Å²) in [6.07, 6.45) is 3.23. The van der Waals surface area contributed by atoms with Crippen LogP contribution in [0.5, 0.6) is 0 Å². The molecule has 0 fully saturated rings. The van der Waals surface area contributed by atoms with Gasteiger partial charge in [-0.05, 0) is 43.9 Å². The van der Waals surface area contributed by atoms with Gasteiger partial charge >= 0.3 is 30.6 Å². The molecule has 0 heterocycles. The van der Waals surface area contributed by atoms with E-state index in [-0.39, 0.29) is 58.0 Å². The van der Waals surface area contributed by atoms with Crippen LogP contribution in [0.2, 0.25) is 6.04 Å². The van der Waals surface area contributed by atoms with Gasteiger partial charge in [0.1, 0.15) is 0 Å². The molecular weight excluding hydrogens is 441 g/mol. The molecule has 0 aliphatic heterocycles. The van der Waals surface area contributed by atoms with Crippen LogP contribution in [0.25, 0.3) is 6.08 Å². The Morgan fingerprint density at radius 3 is 2.14 bits per heavy atom. The zero-order valence-electron chi connectivity index (χ0n) is 16.9. The van der Waals surface area contributed by atoms with E-state index < -0.39 is 8.84 Å². The fraction of sp³-hybridized carbons (Fsp3) is 0.364. The molecule has 1 atom stereocenters. The van der Waals surface area contributed by atoms with E-state index in [0.717, 1.165) is 6.42 Å². The zero-order valence-corrected chi connectivity index (χ0v) is 20.9. The molecule has 6 heteroatoms. The van der Waals surface area contributed by atoms with Crippen LogP contribution < -0.4 is 24.8 Å². The summed E-state index contributed by atoms with van der Waals surface area (Å²) in [5.74, 6) is 0.257. The molecule has 0 radical (unpaired) electrons. The minimum absolute atomic E-state index is 0. The molecule has 28 heavy (non-hydrogen) atoms. The number of hydrogen-bond acceptors (Lipinski definition) is 1. The van der Waals surface area contributed by atoms with E-state index in [1.165, 1.54) is 22.3 Å². The molecular formula is C22H27Cl2NOSiTi+2. The molecule has 3 rings (SSSR count). The molecule has 2 aromatic carbocycles. The van der Waals surface area contributed by atoms with Crippen molar-refractivity contribution in [3.63, 3.8) is 0 Å². The standard InChI is InChI=1S/C22H27NOSi.2ClH.Ti/c1-22(2,3)23(4)25(24)16-21-19(14-17-10-6-5-7-11-17)15-18-12-8-9-13-20(18)21;;;/h5-13,15,21H,14,16H2,1-4H3;2*1H;/q;;;+4/p-2. The van der Waals surface area contributed by atoms with Gasteiger partial charge in [-0.25, -0.2) is 0 Å². The van der Waals surface area contributed by atoms with Crippen LogP contribution >= 0.6 is 0 Å². The summed E-state index contributed by atoms with van der Waals surface area (Å²) in [5.41, 5.74) is 5.24. The summed E-state index contributed by atoms with van der Waals surface area (Å²) >= 11 is 0. The second kappa shape index (κ2) is 11.5. The molecule has 146 valence electrons. The van der Waals surface area contributed by atoms with Crippen molar-refractivity contribution in [2.24, 2.45) is 0 Å². The van der Waals surface area contributed by atoms with Gasteiger partial charge in [0.25, 0.3) is 0 Å². The van der Waals surface area contributed by atoms with E-state index in [1.54, 1.807) is 0 Å². The topological polar surface area (TPSA) is 20.3 Å². The maximum absolute atomic E-state index is 13.0. The van der Waals surface area contributed by atoms with Crippen LogP contribution in [0, 0.1) is 0 Å². The van der Waals surface area contributed by atoms with E-state index in [9.17, 15) is 4.46 Å². The fourth-order valence-corrected chi connectivity index (χ4v) is 5.25. The Kier molecular flexibility index (Phi) is 11.2. The van der Waals surface area contributed by atoms with Gasteiger partial charge in [-0.1, -0.05) is 66.2 Å². The van der Waals surface area contributed by atoms with E-state index in [1.807, 2.05) is 7.05 Å². The average molecular weight is 468 g/mol. The Hall–Kier alpha value is -0.709. The largest absolute Gasteiger partial charge is 4.00 e. The Morgan fingerprint density at radius 2 is 1.54 bits per heavy atom. The first kappa shape index (κ1) is 27.3. The Bertz CT molecular complexity index is 806. The van der Waals surface area contributed by atoms with Gasteiger partial charge < -0.3 is 33.8 Å². The number of nitrogens with zero attached hydrogens (tertiary/aromatic N) is 1. The predicted molar refractivity (Wildman–Crippen MR) is 106 cm³/mol. The number of allylic oxidation sites excluding steroid dienone is 1. The quantitative estimate of drug-likeness (QED) is 0.529. The third kappa shape index (κ3) is 6.40. The van der Waals surface area contributed by atoms with Crippen molar-refractivity contribution < 1.29 is 51.0 Å². The molecule has 1 aliphatic rings. The van der Waals surface area contributed by atoms with Crippen LogP contribution in [0.4, 0.5) is 0 Å². The van der Waals surface area contributed by atoms with E-state index in [4.69, 9.17) is 0 Å². The van der Waals surface area contributed by atoms with E-state index >= 15 is 0 Å². The Labute approximate surface area is 198 Å². The molecule has 0 spiro atoms. The summed E-state index contributed by atoms with van der Waals surface area (Å²) in [5, 5.41) is 0. The van der Waals surface area contributed by atoms with Crippen molar-refractivity contribution in [2.45, 2.75) is 44.7 Å². The van der Waals surface area contributed by atoms with Crippen LogP contribution in [0.15, 0.2) is 60.2 Å². The normalized spacial score (nSPS) is 14.6. The van der Waals surface area contributed by atoms with Crippen molar-refractivity contribution in [1.82, 2.24) is 4.57 Å². The second-order valence-corrected chi connectivity index (χ2v) is 9.76. The van der Waals surface area contributed by atoms with Gasteiger partial charge in [0.2, 0.25) is 0 Å². The molecule has 0 saturated carbocycles. The van der Waals surface area contributed by atoms with Crippen molar-refractivity contribution >= 4 is 14.9 Å². The van der Waals surface area contributed by atoms with Gasteiger partial charge in [-0.3, -0.25) is 0 Å². The van der Waals surface area contributed by atoms with Gasteiger partial charge in [0.15, 0.2) is 0 Å². The fourth-order valence-electron chi connectivity index (χ4n) is 3.39. The predicted octanol–water partition coefficient (Wildman–Crippen LogP) is -0.936. The summed E-state index contributed by atoms with van der Waals surface area (Å²) in [4.78, 5) is 0. The van der Waals surface area contributed by atoms with Crippen molar-refractivity contribution in [2.75, 3.05) is 7.05 Å². The summed E-state index contributed by atoms with van der Waals surface area (Å²) < 4.78 is 15.1. The average Bonchev–Trinajstić information content (AvgIpc) is 2.91. The number of halogens is 2. The smallest absolute Gasteiger partial charge is 1.00 e. The number of rotatable bonds is 5. The first-order chi connectivity index (χ1) is 11.9. The molecule has 2 nitrogen and oxygen atoms in total. The number of fused-ring (bicyclic) bond motifs is 1. The van der Waals surface area contributed by atoms with Gasteiger partial charge in [0.05, 0.1) is 0 Å². The SMILES string of the molecule is CN([Si](=O)CC1C(Cc2ccccc2)=Cc2ccccc21)C(C)(C)C.[Cl-].[Cl-].[Ti+4]. The van der Waals surface area contributed by atoms with Crippen molar-refractivity contribution in [1.29, 1.82) is 0 Å². The number of hydrogen-bond donors (Lipinski definition) is 0. The molecule has 0 aromatic heterocycles. The van der Waals surface area contributed by atoms with E-state index in [2.05, 4.69) is 86.0 Å². The van der Waals surface area contributed by atoms with E-state index in [0.29, 0.717) is 6.04 Å². The van der Waals surface area contributed by atoms with Crippen LogP contribution in [-0.2, 0) is 32.6 Å². The molecule has 0 bridgehead atoms. The van der Waals surface area contributed by atoms with Gasteiger partial charge in [0, 0.05) is 24.5 Å². The summed E-state index contributed by atoms with van der Waals surface area (Å²) in [6, 6.07) is 19.8. The minimum Gasteiger partial charge on any atom is -1.00 e. The molecule has 0 N–H and O–H groups in total. The van der Waals surface area contributed by atoms with Crippen molar-refractivity contribution in [3.05, 3.63) is 76.9 Å². The van der Waals surface area contributed by atoms with Crippen LogP contribution in [0.3, 0.4) is 0 Å². The number of benzene rings is 2. The first-order valence-electron chi connectivity index (χ1n) is 8.96. The third-order valence-corrected chi connectivity index (χ3v) is 7.35. The maximum Gasteiger partial charge on any atom is 4.00 e. The first-order valence-corrected chi connectivity index (χ1v) is 10.5. The Morgan fingerprint density at radius 1 is 0.964 bits per heavy atom. The third-order valence-electron chi connectivity index (χ3n) is 5.17.